The number of phenols is 1. The average Bonchev–Trinajstić information content (AvgIpc) is 3.07. The quantitative estimate of drug-likeness (QED) is 0.189. The molecular formula is C36H38N2O6S. The van der Waals surface area contributed by atoms with Gasteiger partial charge in [-0.3, -0.25) is 4.79 Å². The largest absolute Gasteiger partial charge is 0.507 e. The summed E-state index contributed by atoms with van der Waals surface area (Å²) in [5, 5.41) is 10.3. The van der Waals surface area contributed by atoms with Crippen molar-refractivity contribution in [1.82, 2.24) is 4.72 Å². The number of rotatable bonds is 10. The second-order valence-electron chi connectivity index (χ2n) is 11.4. The Morgan fingerprint density at radius 1 is 0.911 bits per heavy atom. The number of aromatic hydroxyl groups is 1. The Kier molecular flexibility index (Phi) is 10.0. The predicted octanol–water partition coefficient (Wildman–Crippen LogP) is 6.71. The van der Waals surface area contributed by atoms with E-state index in [4.69, 9.17) is 4.74 Å². The topological polar surface area (TPSA) is 113 Å². The standard InChI is InChI=1S/C36H38N2O6S/c1-25-21-31(18-19-32(25)29-11-7-4-8-12-29)45(42,43)37-23-35(40)38(30-17-20-34(39)33(22-30)36(41)44-2)24-26-13-15-28(16-14-26)27-9-5-3-6-10-27/h4,7-8,11-22,27,37,39H,3,5-6,9-10,23-24H2,1-2H3. The van der Waals surface area contributed by atoms with Crippen LogP contribution in [0.15, 0.2) is 95.9 Å². The first-order valence-electron chi connectivity index (χ1n) is 15.1. The predicted molar refractivity (Wildman–Crippen MR) is 175 cm³/mol. The zero-order valence-corrected chi connectivity index (χ0v) is 26.3. The fraction of sp³-hybridized carbons (Fsp3) is 0.278. The number of hydrogen-bond donors (Lipinski definition) is 2. The highest BCUT2D eigenvalue weighted by molar-refractivity contribution is 7.89. The summed E-state index contributed by atoms with van der Waals surface area (Å²) in [4.78, 5) is 27.5. The molecule has 9 heteroatoms. The number of anilines is 1. The molecule has 0 atom stereocenters. The van der Waals surface area contributed by atoms with Crippen molar-refractivity contribution in [3.63, 3.8) is 0 Å². The van der Waals surface area contributed by atoms with Gasteiger partial charge in [0.15, 0.2) is 0 Å². The maximum Gasteiger partial charge on any atom is 0.341 e. The Labute approximate surface area is 264 Å². The number of esters is 1. The van der Waals surface area contributed by atoms with Crippen molar-refractivity contribution >= 4 is 27.6 Å². The van der Waals surface area contributed by atoms with Crippen molar-refractivity contribution < 1.29 is 27.9 Å². The summed E-state index contributed by atoms with van der Waals surface area (Å²) < 4.78 is 33.8. The van der Waals surface area contributed by atoms with E-state index in [1.807, 2.05) is 49.4 Å². The van der Waals surface area contributed by atoms with Crippen LogP contribution in [0.1, 0.15) is 65.1 Å². The number of hydrogen-bond acceptors (Lipinski definition) is 6. The van der Waals surface area contributed by atoms with Crippen molar-refractivity contribution in [2.45, 2.75) is 56.4 Å². The van der Waals surface area contributed by atoms with Gasteiger partial charge in [0, 0.05) is 5.69 Å². The van der Waals surface area contributed by atoms with Crippen LogP contribution in [-0.4, -0.2) is 39.1 Å². The minimum atomic E-state index is -4.03. The molecule has 0 aromatic heterocycles. The first-order valence-corrected chi connectivity index (χ1v) is 16.6. The Morgan fingerprint density at radius 2 is 1.62 bits per heavy atom. The zero-order valence-electron chi connectivity index (χ0n) is 25.5. The van der Waals surface area contributed by atoms with E-state index >= 15 is 0 Å². The van der Waals surface area contributed by atoms with E-state index in [0.29, 0.717) is 11.6 Å². The molecule has 0 unspecified atom stereocenters. The molecule has 2 N–H and O–H groups in total. The summed E-state index contributed by atoms with van der Waals surface area (Å²) in [5.74, 6) is -1.04. The molecule has 5 rings (SSSR count). The number of nitrogens with zero attached hydrogens (tertiary/aromatic N) is 1. The third-order valence-electron chi connectivity index (χ3n) is 8.40. The first kappa shape index (κ1) is 31.9. The van der Waals surface area contributed by atoms with Crippen LogP contribution in [0.5, 0.6) is 5.75 Å². The lowest BCUT2D eigenvalue weighted by atomic mass is 9.84. The number of sulfonamides is 1. The number of nitrogens with one attached hydrogen (secondary N) is 1. The van der Waals surface area contributed by atoms with Gasteiger partial charge in [0.1, 0.15) is 11.3 Å². The zero-order chi connectivity index (χ0) is 32.0. The van der Waals surface area contributed by atoms with E-state index in [1.165, 1.54) is 73.9 Å². The van der Waals surface area contributed by atoms with Gasteiger partial charge in [-0.25, -0.2) is 17.9 Å². The molecule has 45 heavy (non-hydrogen) atoms. The maximum absolute atomic E-state index is 13.7. The fourth-order valence-corrected chi connectivity index (χ4v) is 6.94. The van der Waals surface area contributed by atoms with Gasteiger partial charge in [0.25, 0.3) is 0 Å². The summed E-state index contributed by atoms with van der Waals surface area (Å²) in [6.45, 7) is 1.45. The number of methoxy groups -OCH3 is 1. The van der Waals surface area contributed by atoms with Gasteiger partial charge in [0.05, 0.1) is 25.1 Å². The van der Waals surface area contributed by atoms with E-state index in [0.717, 1.165) is 22.3 Å². The Hall–Kier alpha value is -4.47. The summed E-state index contributed by atoms with van der Waals surface area (Å²) >= 11 is 0. The highest BCUT2D eigenvalue weighted by Crippen LogP contribution is 2.33. The average molecular weight is 627 g/mol. The SMILES string of the molecule is COC(=O)c1cc(N(Cc2ccc(C3CCCCC3)cc2)C(=O)CNS(=O)(=O)c2ccc(-c3ccccc3)c(C)c2)ccc1O. The minimum absolute atomic E-state index is 0.0509. The van der Waals surface area contributed by atoms with Gasteiger partial charge in [-0.2, -0.15) is 0 Å². The molecule has 0 aliphatic heterocycles. The van der Waals surface area contributed by atoms with Crippen LogP contribution < -0.4 is 9.62 Å². The number of amides is 1. The van der Waals surface area contributed by atoms with E-state index in [1.54, 1.807) is 12.1 Å². The van der Waals surface area contributed by atoms with Gasteiger partial charge in [0.2, 0.25) is 15.9 Å². The van der Waals surface area contributed by atoms with Gasteiger partial charge in [-0.15, -0.1) is 0 Å². The number of phenolic OH excluding ortho intramolecular Hbond substituents is 1. The van der Waals surface area contributed by atoms with Crippen molar-refractivity contribution in [1.29, 1.82) is 0 Å². The molecule has 1 saturated carbocycles. The second-order valence-corrected chi connectivity index (χ2v) is 13.2. The molecule has 0 spiro atoms. The van der Waals surface area contributed by atoms with Crippen LogP contribution in [0.4, 0.5) is 5.69 Å². The van der Waals surface area contributed by atoms with Crippen LogP contribution in [0.25, 0.3) is 11.1 Å². The summed E-state index contributed by atoms with van der Waals surface area (Å²) in [6.07, 6.45) is 6.06. The lowest BCUT2D eigenvalue weighted by Crippen LogP contribution is -2.40. The van der Waals surface area contributed by atoms with Crippen molar-refractivity contribution in [2.24, 2.45) is 0 Å². The molecular weight excluding hydrogens is 588 g/mol. The normalized spacial score (nSPS) is 13.7. The first-order chi connectivity index (χ1) is 21.7. The molecule has 1 aliphatic carbocycles. The van der Waals surface area contributed by atoms with E-state index < -0.39 is 28.4 Å². The Morgan fingerprint density at radius 3 is 2.29 bits per heavy atom. The number of carbonyl (C=O) groups is 2. The monoisotopic (exact) mass is 626 g/mol. The van der Waals surface area contributed by atoms with E-state index in [9.17, 15) is 23.1 Å². The van der Waals surface area contributed by atoms with Gasteiger partial charge in [-0.05, 0) is 83.8 Å². The summed E-state index contributed by atoms with van der Waals surface area (Å²) in [6, 6.07) is 26.9. The van der Waals surface area contributed by atoms with Crippen molar-refractivity contribution in [2.75, 3.05) is 18.6 Å². The van der Waals surface area contributed by atoms with E-state index in [2.05, 4.69) is 16.9 Å². The Bertz CT molecular complexity index is 1770. The third-order valence-corrected chi connectivity index (χ3v) is 9.80. The fourth-order valence-electron chi connectivity index (χ4n) is 5.88. The molecule has 234 valence electrons. The van der Waals surface area contributed by atoms with Crippen LogP contribution in [-0.2, 0) is 26.1 Å². The molecule has 1 aliphatic rings. The molecule has 0 bridgehead atoms. The van der Waals surface area contributed by atoms with Crippen LogP contribution >= 0.6 is 0 Å². The highest BCUT2D eigenvalue weighted by atomic mass is 32.2. The van der Waals surface area contributed by atoms with E-state index in [-0.39, 0.29) is 22.8 Å². The molecule has 8 nitrogen and oxygen atoms in total. The molecule has 0 radical (unpaired) electrons. The Balaban J connectivity index is 1.38. The van der Waals surface area contributed by atoms with Crippen molar-refractivity contribution in [3.05, 3.63) is 113 Å². The number of benzene rings is 4. The van der Waals surface area contributed by atoms with Crippen LogP contribution in [0.2, 0.25) is 0 Å². The molecule has 4 aromatic carbocycles. The van der Waals surface area contributed by atoms with Gasteiger partial charge >= 0.3 is 5.97 Å². The molecule has 1 fully saturated rings. The molecule has 0 saturated heterocycles. The molecule has 4 aromatic rings. The smallest absolute Gasteiger partial charge is 0.341 e. The van der Waals surface area contributed by atoms with Gasteiger partial charge in [-0.1, -0.05) is 79.9 Å². The lowest BCUT2D eigenvalue weighted by molar-refractivity contribution is -0.117. The summed E-state index contributed by atoms with van der Waals surface area (Å²) in [7, 11) is -2.82. The van der Waals surface area contributed by atoms with Crippen LogP contribution in [0, 0.1) is 6.92 Å². The number of carbonyl (C=O) groups excluding carboxylic acids is 2. The maximum atomic E-state index is 13.7. The number of aryl methyl sites for hydroxylation is 1. The molecule has 0 heterocycles. The van der Waals surface area contributed by atoms with Crippen LogP contribution in [0.3, 0.4) is 0 Å². The lowest BCUT2D eigenvalue weighted by Gasteiger charge is -2.25. The minimum Gasteiger partial charge on any atom is -0.507 e. The second kappa shape index (κ2) is 14.1. The van der Waals surface area contributed by atoms with Gasteiger partial charge < -0.3 is 14.7 Å². The number of ether oxygens (including phenoxy) is 1. The third kappa shape index (κ3) is 7.61. The van der Waals surface area contributed by atoms with Crippen molar-refractivity contribution in [3.8, 4) is 16.9 Å². The summed E-state index contributed by atoms with van der Waals surface area (Å²) in [5.41, 5.74) is 5.01. The highest BCUT2D eigenvalue weighted by Gasteiger charge is 2.24. The molecule has 1 amide bonds.